The maximum atomic E-state index is 13.5. The van der Waals surface area contributed by atoms with Gasteiger partial charge in [-0.15, -0.1) is 0 Å². The van der Waals surface area contributed by atoms with Crippen LogP contribution in [0.4, 0.5) is 10.1 Å². The molecule has 0 saturated carbocycles. The van der Waals surface area contributed by atoms with Gasteiger partial charge in [0, 0.05) is 24.3 Å². The van der Waals surface area contributed by atoms with Crippen LogP contribution in [0.15, 0.2) is 54.9 Å². The summed E-state index contributed by atoms with van der Waals surface area (Å²) in [6.07, 6.45) is 1.37. The molecule has 1 aliphatic rings. The Hall–Kier alpha value is -4.34. The SMILES string of the molecule is CCN1C(=O)c2c(C(=O)Nc3ccc(C(C)=O)cc3)ncn2C[C@@]1(C)C(=O)NCc1ccc(F)cc1. The molecule has 10 heteroatoms. The summed E-state index contributed by atoms with van der Waals surface area (Å²) in [4.78, 5) is 56.7. The van der Waals surface area contributed by atoms with Crippen LogP contribution in [-0.2, 0) is 17.9 Å². The van der Waals surface area contributed by atoms with Crippen molar-refractivity contribution in [3.8, 4) is 0 Å². The number of benzene rings is 2. The number of hydrogen-bond acceptors (Lipinski definition) is 5. The van der Waals surface area contributed by atoms with Crippen molar-refractivity contribution in [3.63, 3.8) is 0 Å². The number of carbonyl (C=O) groups is 4. The number of nitrogens with one attached hydrogen (secondary N) is 2. The van der Waals surface area contributed by atoms with E-state index < -0.39 is 17.4 Å². The predicted molar refractivity (Wildman–Crippen MR) is 130 cm³/mol. The van der Waals surface area contributed by atoms with E-state index in [2.05, 4.69) is 15.6 Å². The summed E-state index contributed by atoms with van der Waals surface area (Å²) >= 11 is 0. The number of rotatable bonds is 7. The normalized spacial score (nSPS) is 16.9. The standard InChI is InChI=1S/C26H26FN5O4/c1-4-32-24(35)22-21(23(34)30-20-11-7-18(8-12-20)16(2)33)29-15-31(22)14-26(32,3)25(36)28-13-17-5-9-19(27)10-6-17/h5-12,15H,4,13-14H2,1-3H3,(H,28,36)(H,30,34)/t26-/m0/s1. The number of ketones is 1. The average Bonchev–Trinajstić information content (AvgIpc) is 3.28. The monoisotopic (exact) mass is 491 g/mol. The summed E-state index contributed by atoms with van der Waals surface area (Å²) in [5, 5.41) is 5.52. The highest BCUT2D eigenvalue weighted by atomic mass is 19.1. The quantitative estimate of drug-likeness (QED) is 0.494. The Balaban J connectivity index is 1.54. The van der Waals surface area contributed by atoms with Gasteiger partial charge in [0.05, 0.1) is 12.9 Å². The number of carbonyl (C=O) groups excluding carboxylic acids is 4. The van der Waals surface area contributed by atoms with Crippen LogP contribution < -0.4 is 10.6 Å². The zero-order valence-corrected chi connectivity index (χ0v) is 20.2. The molecular formula is C26H26FN5O4. The Morgan fingerprint density at radius 1 is 1.08 bits per heavy atom. The van der Waals surface area contributed by atoms with E-state index in [4.69, 9.17) is 0 Å². The number of nitrogens with zero attached hydrogens (tertiary/aromatic N) is 3. The van der Waals surface area contributed by atoms with Gasteiger partial charge in [-0.25, -0.2) is 9.37 Å². The van der Waals surface area contributed by atoms with Gasteiger partial charge in [-0.3, -0.25) is 19.2 Å². The van der Waals surface area contributed by atoms with Crippen molar-refractivity contribution in [2.45, 2.75) is 39.4 Å². The summed E-state index contributed by atoms with van der Waals surface area (Å²) in [6.45, 7) is 5.38. The molecule has 2 aromatic carbocycles. The molecule has 1 aliphatic heterocycles. The Morgan fingerprint density at radius 2 is 1.75 bits per heavy atom. The van der Waals surface area contributed by atoms with Crippen LogP contribution in [0.1, 0.15) is 57.7 Å². The Kier molecular flexibility index (Phi) is 6.69. The van der Waals surface area contributed by atoms with Crippen LogP contribution in [0, 0.1) is 5.82 Å². The van der Waals surface area contributed by atoms with Crippen molar-refractivity contribution in [2.75, 3.05) is 11.9 Å². The van der Waals surface area contributed by atoms with Crippen molar-refractivity contribution in [2.24, 2.45) is 0 Å². The van der Waals surface area contributed by atoms with E-state index in [1.807, 2.05) is 0 Å². The third-order valence-corrected chi connectivity index (χ3v) is 6.30. The van der Waals surface area contributed by atoms with Gasteiger partial charge in [0.15, 0.2) is 11.5 Å². The molecule has 1 atom stereocenters. The topological polar surface area (TPSA) is 113 Å². The van der Waals surface area contributed by atoms with Gasteiger partial charge in [-0.1, -0.05) is 12.1 Å². The number of hydrogen-bond donors (Lipinski definition) is 2. The van der Waals surface area contributed by atoms with Gasteiger partial charge in [-0.2, -0.15) is 0 Å². The smallest absolute Gasteiger partial charge is 0.276 e. The second-order valence-corrected chi connectivity index (χ2v) is 8.79. The number of halogens is 1. The fourth-order valence-corrected chi connectivity index (χ4v) is 4.30. The lowest BCUT2D eigenvalue weighted by molar-refractivity contribution is -0.132. The highest BCUT2D eigenvalue weighted by molar-refractivity contribution is 6.11. The highest BCUT2D eigenvalue weighted by Gasteiger charge is 2.48. The number of anilines is 1. The summed E-state index contributed by atoms with van der Waals surface area (Å²) in [5.41, 5.74) is 0.500. The first-order valence-electron chi connectivity index (χ1n) is 11.5. The van der Waals surface area contributed by atoms with Gasteiger partial charge in [-0.05, 0) is 62.7 Å². The molecule has 0 bridgehead atoms. The molecule has 4 rings (SSSR count). The molecule has 0 saturated heterocycles. The number of imidazole rings is 1. The second kappa shape index (κ2) is 9.73. The van der Waals surface area contributed by atoms with Gasteiger partial charge >= 0.3 is 0 Å². The molecule has 0 radical (unpaired) electrons. The molecule has 0 fully saturated rings. The maximum absolute atomic E-state index is 13.5. The lowest BCUT2D eigenvalue weighted by Gasteiger charge is -2.43. The van der Waals surface area contributed by atoms with E-state index in [0.29, 0.717) is 11.3 Å². The van der Waals surface area contributed by atoms with E-state index >= 15 is 0 Å². The summed E-state index contributed by atoms with van der Waals surface area (Å²) < 4.78 is 14.7. The van der Waals surface area contributed by atoms with Crippen LogP contribution in [0.5, 0.6) is 0 Å². The van der Waals surface area contributed by atoms with Crippen LogP contribution in [0.25, 0.3) is 0 Å². The van der Waals surface area contributed by atoms with Gasteiger partial charge in [0.1, 0.15) is 17.1 Å². The Morgan fingerprint density at radius 3 is 2.36 bits per heavy atom. The van der Waals surface area contributed by atoms with E-state index in [1.165, 1.54) is 34.9 Å². The molecule has 2 heterocycles. The number of aromatic nitrogens is 2. The summed E-state index contributed by atoms with van der Waals surface area (Å²) in [5.74, 6) is -1.90. The molecule has 186 valence electrons. The van der Waals surface area contributed by atoms with E-state index in [9.17, 15) is 23.6 Å². The molecule has 0 spiro atoms. The lowest BCUT2D eigenvalue weighted by Crippen LogP contribution is -2.63. The molecule has 3 aromatic rings. The van der Waals surface area contributed by atoms with Crippen LogP contribution in [-0.4, -0.2) is 50.0 Å². The Labute approximate surface area is 207 Å². The number of Topliss-reactive ketones (excluding diaryl/α,β-unsaturated/α-hetero) is 1. The average molecular weight is 492 g/mol. The van der Waals surface area contributed by atoms with Crippen molar-refractivity contribution in [3.05, 3.63) is 83.2 Å². The minimum atomic E-state index is -1.23. The third-order valence-electron chi connectivity index (χ3n) is 6.30. The first kappa shape index (κ1) is 24.8. The summed E-state index contributed by atoms with van der Waals surface area (Å²) in [7, 11) is 0. The Bertz CT molecular complexity index is 1330. The van der Waals surface area contributed by atoms with Crippen molar-refractivity contribution in [1.29, 1.82) is 0 Å². The number of likely N-dealkylation sites (N-methyl/N-ethyl adjacent to an activating group) is 1. The predicted octanol–water partition coefficient (Wildman–Crippen LogP) is 3.03. The van der Waals surface area contributed by atoms with Gasteiger partial charge < -0.3 is 20.1 Å². The third kappa shape index (κ3) is 4.61. The van der Waals surface area contributed by atoms with Crippen LogP contribution in [0.2, 0.25) is 0 Å². The maximum Gasteiger partial charge on any atom is 0.276 e. The van der Waals surface area contributed by atoms with Crippen LogP contribution in [0.3, 0.4) is 0 Å². The van der Waals surface area contributed by atoms with Gasteiger partial charge in [0.2, 0.25) is 5.91 Å². The largest absolute Gasteiger partial charge is 0.350 e. The molecule has 3 amide bonds. The molecule has 0 aliphatic carbocycles. The van der Waals surface area contributed by atoms with Crippen molar-refractivity contribution >= 4 is 29.2 Å². The molecule has 0 unspecified atom stereocenters. The summed E-state index contributed by atoms with van der Waals surface area (Å²) in [6, 6.07) is 12.2. The first-order valence-corrected chi connectivity index (χ1v) is 11.5. The molecule has 1 aromatic heterocycles. The first-order chi connectivity index (χ1) is 17.1. The van der Waals surface area contributed by atoms with Crippen molar-refractivity contribution < 1.29 is 23.6 Å². The van der Waals surface area contributed by atoms with E-state index in [0.717, 1.165) is 5.56 Å². The minimum absolute atomic E-state index is 0.0529. The zero-order valence-electron chi connectivity index (χ0n) is 20.2. The van der Waals surface area contributed by atoms with Crippen molar-refractivity contribution in [1.82, 2.24) is 19.8 Å². The number of amides is 3. The highest BCUT2D eigenvalue weighted by Crippen LogP contribution is 2.29. The fraction of sp³-hybridized carbons (Fsp3) is 0.269. The molecule has 36 heavy (non-hydrogen) atoms. The van der Waals surface area contributed by atoms with E-state index in [-0.39, 0.29) is 48.5 Å². The fourth-order valence-electron chi connectivity index (χ4n) is 4.30. The molecule has 9 nitrogen and oxygen atoms in total. The molecular weight excluding hydrogens is 465 g/mol. The lowest BCUT2D eigenvalue weighted by atomic mass is 9.94. The number of fused-ring (bicyclic) bond motifs is 1. The molecule has 2 N–H and O–H groups in total. The minimum Gasteiger partial charge on any atom is -0.350 e. The zero-order chi connectivity index (χ0) is 26.0. The van der Waals surface area contributed by atoms with Gasteiger partial charge in [0.25, 0.3) is 11.8 Å². The van der Waals surface area contributed by atoms with E-state index in [1.54, 1.807) is 50.2 Å². The van der Waals surface area contributed by atoms with Crippen LogP contribution >= 0.6 is 0 Å². The second-order valence-electron chi connectivity index (χ2n) is 8.79.